The van der Waals surface area contributed by atoms with Gasteiger partial charge in [0, 0.05) is 49.5 Å². The Balaban J connectivity index is 1.20. The van der Waals surface area contributed by atoms with Gasteiger partial charge < -0.3 is 9.13 Å². The molecule has 0 unspecified atom stereocenters. The van der Waals surface area contributed by atoms with Gasteiger partial charge in [0.2, 0.25) is 0 Å². The molecule has 0 N–H and O–H groups in total. The molecule has 0 aliphatic heterocycles. The van der Waals surface area contributed by atoms with E-state index in [9.17, 15) is 0 Å². The van der Waals surface area contributed by atoms with Gasteiger partial charge in [0.15, 0.2) is 5.82 Å². The molecular formula is C68H66N4. The van der Waals surface area contributed by atoms with Crippen molar-refractivity contribution in [2.45, 2.75) is 105 Å². The standard InChI is InChI=1S/C68H66N4/c1-65(2,3)47-27-32-60-53(38-47)54-39-48(66(4,5)6)28-33-61(54)71(60)51-25-19-24-45(36-51)52-37-46(58-42-57(43-20-15-13-16-21-43)69-64(70-58)44-22-17-14-18-23-44)26-31-59(52)72-62-34-29-49(67(7,8)9)40-55(62)56-41-50(68(10,11)12)30-35-63(56)72/h13-42H,1-12H3. The minimum Gasteiger partial charge on any atom is -0.309 e. The lowest BCUT2D eigenvalue weighted by Crippen LogP contribution is -2.10. The number of rotatable bonds is 6. The van der Waals surface area contributed by atoms with Crippen molar-refractivity contribution >= 4 is 43.6 Å². The molecule has 0 atom stereocenters. The summed E-state index contributed by atoms with van der Waals surface area (Å²) >= 11 is 0. The van der Waals surface area contributed by atoms with Crippen LogP contribution in [-0.2, 0) is 21.7 Å². The Kier molecular flexibility index (Phi) is 11.1. The molecule has 3 heterocycles. The van der Waals surface area contributed by atoms with Crippen LogP contribution in [0.25, 0.3) is 100 Å². The summed E-state index contributed by atoms with van der Waals surface area (Å²) in [4.78, 5) is 10.5. The van der Waals surface area contributed by atoms with Crippen LogP contribution >= 0.6 is 0 Å². The molecule has 0 saturated carbocycles. The normalized spacial score (nSPS) is 12.7. The third kappa shape index (κ3) is 8.41. The number of benzene rings is 8. The first-order valence-corrected chi connectivity index (χ1v) is 25.6. The van der Waals surface area contributed by atoms with Gasteiger partial charge in [-0.1, -0.05) is 186 Å². The van der Waals surface area contributed by atoms with Gasteiger partial charge in [0.25, 0.3) is 0 Å². The molecular weight excluding hydrogens is 873 g/mol. The molecule has 0 saturated heterocycles. The molecule has 0 spiro atoms. The molecule has 8 aromatic carbocycles. The van der Waals surface area contributed by atoms with E-state index in [4.69, 9.17) is 9.97 Å². The van der Waals surface area contributed by atoms with Gasteiger partial charge >= 0.3 is 0 Å². The van der Waals surface area contributed by atoms with Crippen molar-refractivity contribution in [3.8, 4) is 56.4 Å². The van der Waals surface area contributed by atoms with Crippen LogP contribution in [0.5, 0.6) is 0 Å². The summed E-state index contributed by atoms with van der Waals surface area (Å²) in [6, 6.07) is 67.4. The third-order valence-electron chi connectivity index (χ3n) is 14.8. The van der Waals surface area contributed by atoms with Crippen LogP contribution in [0.2, 0.25) is 0 Å². The smallest absolute Gasteiger partial charge is 0.160 e. The fourth-order valence-electron chi connectivity index (χ4n) is 10.5. The Morgan fingerprint density at radius 1 is 0.306 bits per heavy atom. The first kappa shape index (κ1) is 46.8. The predicted molar refractivity (Wildman–Crippen MR) is 307 cm³/mol. The van der Waals surface area contributed by atoms with Gasteiger partial charge in [-0.3, -0.25) is 0 Å². The molecule has 72 heavy (non-hydrogen) atoms. The van der Waals surface area contributed by atoms with Crippen molar-refractivity contribution in [2.24, 2.45) is 0 Å². The Labute approximate surface area is 426 Å². The maximum atomic E-state index is 5.34. The van der Waals surface area contributed by atoms with E-state index in [-0.39, 0.29) is 21.7 Å². The maximum Gasteiger partial charge on any atom is 0.160 e. The molecule has 4 nitrogen and oxygen atoms in total. The zero-order valence-electron chi connectivity index (χ0n) is 44.1. The summed E-state index contributed by atoms with van der Waals surface area (Å²) in [5, 5.41) is 5.08. The fourth-order valence-corrected chi connectivity index (χ4v) is 10.5. The van der Waals surface area contributed by atoms with Crippen LogP contribution in [0.3, 0.4) is 0 Å². The lowest BCUT2D eigenvalue weighted by molar-refractivity contribution is 0.590. The summed E-state index contributed by atoms with van der Waals surface area (Å²) in [7, 11) is 0. The molecule has 4 heteroatoms. The highest BCUT2D eigenvalue weighted by atomic mass is 15.0. The van der Waals surface area contributed by atoms with E-state index >= 15 is 0 Å². The van der Waals surface area contributed by atoms with Crippen LogP contribution in [0.15, 0.2) is 182 Å². The van der Waals surface area contributed by atoms with E-state index in [1.165, 1.54) is 65.9 Å². The molecule has 0 bridgehead atoms. The number of nitrogens with zero attached hydrogens (tertiary/aromatic N) is 4. The summed E-state index contributed by atoms with van der Waals surface area (Å²) in [6.45, 7) is 27.7. The van der Waals surface area contributed by atoms with Gasteiger partial charge in [-0.2, -0.15) is 0 Å². The van der Waals surface area contributed by atoms with Gasteiger partial charge in [-0.25, -0.2) is 9.97 Å². The minimum atomic E-state index is -0.0122. The van der Waals surface area contributed by atoms with Crippen molar-refractivity contribution in [3.63, 3.8) is 0 Å². The highest BCUT2D eigenvalue weighted by molar-refractivity contribution is 6.11. The van der Waals surface area contributed by atoms with Crippen LogP contribution in [-0.4, -0.2) is 19.1 Å². The lowest BCUT2D eigenvalue weighted by atomic mass is 9.85. The topological polar surface area (TPSA) is 35.6 Å². The highest BCUT2D eigenvalue weighted by Crippen LogP contribution is 2.43. The molecule has 0 aliphatic rings. The van der Waals surface area contributed by atoms with Crippen molar-refractivity contribution in [1.82, 2.24) is 19.1 Å². The van der Waals surface area contributed by atoms with E-state index in [1.54, 1.807) is 0 Å². The molecule has 0 amide bonds. The van der Waals surface area contributed by atoms with Gasteiger partial charge in [-0.05, 0) is 128 Å². The summed E-state index contributed by atoms with van der Waals surface area (Å²) in [6.07, 6.45) is 0. The summed E-state index contributed by atoms with van der Waals surface area (Å²) < 4.78 is 4.98. The third-order valence-corrected chi connectivity index (χ3v) is 14.8. The fraction of sp³-hybridized carbons (Fsp3) is 0.235. The van der Waals surface area contributed by atoms with Gasteiger partial charge in [0.05, 0.1) is 39.1 Å². The minimum absolute atomic E-state index is 0.00835. The summed E-state index contributed by atoms with van der Waals surface area (Å²) in [5.41, 5.74) is 19.3. The zero-order chi connectivity index (χ0) is 50.5. The molecule has 0 fully saturated rings. The molecule has 358 valence electrons. The monoisotopic (exact) mass is 939 g/mol. The van der Waals surface area contributed by atoms with Crippen molar-refractivity contribution in [1.29, 1.82) is 0 Å². The van der Waals surface area contributed by atoms with Crippen molar-refractivity contribution in [3.05, 3.63) is 204 Å². The highest BCUT2D eigenvalue weighted by Gasteiger charge is 2.25. The number of fused-ring (bicyclic) bond motifs is 6. The second kappa shape index (κ2) is 17.1. The maximum absolute atomic E-state index is 5.34. The first-order chi connectivity index (χ1) is 34.2. The van der Waals surface area contributed by atoms with Gasteiger partial charge in [-0.15, -0.1) is 0 Å². The summed E-state index contributed by atoms with van der Waals surface area (Å²) in [5.74, 6) is 0.696. The number of hydrogen-bond donors (Lipinski definition) is 0. The van der Waals surface area contributed by atoms with E-state index in [0.717, 1.165) is 50.6 Å². The zero-order valence-corrected chi connectivity index (χ0v) is 44.1. The van der Waals surface area contributed by atoms with E-state index in [0.29, 0.717) is 5.82 Å². The second-order valence-corrected chi connectivity index (χ2v) is 24.1. The van der Waals surface area contributed by atoms with Crippen molar-refractivity contribution in [2.75, 3.05) is 0 Å². The Bertz CT molecular complexity index is 3680. The van der Waals surface area contributed by atoms with Crippen molar-refractivity contribution < 1.29 is 0 Å². The largest absolute Gasteiger partial charge is 0.309 e. The molecule has 11 rings (SSSR count). The average molecular weight is 939 g/mol. The van der Waals surface area contributed by atoms with Crippen LogP contribution in [0, 0.1) is 0 Å². The van der Waals surface area contributed by atoms with Crippen LogP contribution < -0.4 is 0 Å². The van der Waals surface area contributed by atoms with E-state index < -0.39 is 0 Å². The first-order valence-electron chi connectivity index (χ1n) is 25.6. The van der Waals surface area contributed by atoms with E-state index in [2.05, 4.69) is 268 Å². The number of aromatic nitrogens is 4. The number of hydrogen-bond acceptors (Lipinski definition) is 2. The quantitative estimate of drug-likeness (QED) is 0.167. The van der Waals surface area contributed by atoms with Crippen LogP contribution in [0.4, 0.5) is 0 Å². The van der Waals surface area contributed by atoms with E-state index in [1.807, 2.05) is 6.07 Å². The lowest BCUT2D eigenvalue weighted by Gasteiger charge is -2.20. The SMILES string of the molecule is CC(C)(C)c1ccc2c(c1)c1cc(C(C)(C)C)ccc1n2-c1cccc(-c2cc(-c3cc(-c4ccccc4)nc(-c4ccccc4)n3)ccc2-n2c3ccc(C(C)(C)C)cc3c3cc(C(C)(C)C)ccc32)c1. The van der Waals surface area contributed by atoms with Gasteiger partial charge in [0.1, 0.15) is 0 Å². The Morgan fingerprint density at radius 3 is 1.15 bits per heavy atom. The second-order valence-electron chi connectivity index (χ2n) is 24.1. The molecule has 0 aliphatic carbocycles. The molecule has 3 aromatic heterocycles. The predicted octanol–water partition coefficient (Wildman–Crippen LogP) is 18.5. The van der Waals surface area contributed by atoms with Crippen LogP contribution in [0.1, 0.15) is 105 Å². The molecule has 0 radical (unpaired) electrons. The molecule has 11 aromatic rings. The Morgan fingerprint density at radius 2 is 0.708 bits per heavy atom. The average Bonchev–Trinajstić information content (AvgIpc) is 3.87. The Hall–Kier alpha value is -7.56.